The highest BCUT2D eigenvalue weighted by Crippen LogP contribution is 2.21. The van der Waals surface area contributed by atoms with E-state index in [4.69, 9.17) is 9.47 Å². The van der Waals surface area contributed by atoms with Crippen molar-refractivity contribution in [2.45, 2.75) is 78.4 Å². The highest BCUT2D eigenvalue weighted by molar-refractivity contribution is 5.69. The van der Waals surface area contributed by atoms with Crippen LogP contribution in [0, 0.1) is 5.92 Å². The molecule has 0 aliphatic heterocycles. The lowest BCUT2D eigenvalue weighted by Crippen LogP contribution is -2.24. The monoisotopic (exact) mass is 258 g/mol. The number of carbonyl (C=O) groups excluding carboxylic acids is 1. The van der Waals surface area contributed by atoms with Crippen molar-refractivity contribution in [3.05, 3.63) is 0 Å². The minimum atomic E-state index is -0.378. The molecule has 0 heterocycles. The summed E-state index contributed by atoms with van der Waals surface area (Å²) in [6.07, 6.45) is 4.99. The van der Waals surface area contributed by atoms with Gasteiger partial charge in [-0.15, -0.1) is 0 Å². The molecule has 0 aromatic carbocycles. The zero-order valence-electron chi connectivity index (χ0n) is 12.9. The standard InChI is InChI=1S/C15H30O3/c1-7-8-13(11-12(2)17-6)9-10-14(16)18-15(3,4)5/h12-13H,7-11H2,1-6H3/t12?,13-/m0/s1. The molecular formula is C15H30O3. The Morgan fingerprint density at radius 1 is 1.22 bits per heavy atom. The predicted octanol–water partition coefficient (Wildman–Crippen LogP) is 3.95. The summed E-state index contributed by atoms with van der Waals surface area (Å²) in [5.74, 6) is 0.464. The van der Waals surface area contributed by atoms with Crippen LogP contribution in [-0.2, 0) is 14.3 Å². The second-order valence-electron chi connectivity index (χ2n) is 6.06. The van der Waals surface area contributed by atoms with Crippen LogP contribution in [0.15, 0.2) is 0 Å². The highest BCUT2D eigenvalue weighted by atomic mass is 16.6. The zero-order chi connectivity index (χ0) is 14.2. The molecule has 108 valence electrons. The fourth-order valence-corrected chi connectivity index (χ4v) is 2.07. The number of ether oxygens (including phenoxy) is 2. The van der Waals surface area contributed by atoms with Crippen molar-refractivity contribution >= 4 is 5.97 Å². The lowest BCUT2D eigenvalue weighted by Gasteiger charge is -2.22. The maximum absolute atomic E-state index is 11.7. The average molecular weight is 258 g/mol. The summed E-state index contributed by atoms with van der Waals surface area (Å²) in [6.45, 7) is 9.97. The Balaban J connectivity index is 4.06. The third-order valence-corrected chi connectivity index (χ3v) is 2.94. The van der Waals surface area contributed by atoms with Gasteiger partial charge in [0.1, 0.15) is 5.60 Å². The molecule has 0 fully saturated rings. The second-order valence-corrected chi connectivity index (χ2v) is 6.06. The van der Waals surface area contributed by atoms with Gasteiger partial charge in [-0.2, -0.15) is 0 Å². The Morgan fingerprint density at radius 3 is 2.28 bits per heavy atom. The number of hydrogen-bond donors (Lipinski definition) is 0. The van der Waals surface area contributed by atoms with E-state index in [2.05, 4.69) is 13.8 Å². The number of methoxy groups -OCH3 is 1. The molecule has 18 heavy (non-hydrogen) atoms. The minimum Gasteiger partial charge on any atom is -0.460 e. The van der Waals surface area contributed by atoms with E-state index >= 15 is 0 Å². The Bertz CT molecular complexity index is 230. The molecule has 1 unspecified atom stereocenters. The summed E-state index contributed by atoms with van der Waals surface area (Å²) in [6, 6.07) is 0. The van der Waals surface area contributed by atoms with Crippen molar-refractivity contribution in [1.82, 2.24) is 0 Å². The third-order valence-electron chi connectivity index (χ3n) is 2.94. The molecule has 2 atom stereocenters. The Labute approximate surface area is 112 Å². The lowest BCUT2D eigenvalue weighted by atomic mass is 9.92. The van der Waals surface area contributed by atoms with Crippen molar-refractivity contribution < 1.29 is 14.3 Å². The summed E-state index contributed by atoms with van der Waals surface area (Å²) < 4.78 is 10.6. The summed E-state index contributed by atoms with van der Waals surface area (Å²) in [4.78, 5) is 11.7. The first-order chi connectivity index (χ1) is 8.28. The van der Waals surface area contributed by atoms with Gasteiger partial charge >= 0.3 is 5.97 Å². The maximum Gasteiger partial charge on any atom is 0.306 e. The molecule has 0 N–H and O–H groups in total. The van der Waals surface area contributed by atoms with E-state index in [9.17, 15) is 4.79 Å². The van der Waals surface area contributed by atoms with E-state index in [0.29, 0.717) is 12.3 Å². The molecule has 0 aliphatic rings. The summed E-state index contributed by atoms with van der Waals surface area (Å²) in [7, 11) is 1.74. The lowest BCUT2D eigenvalue weighted by molar-refractivity contribution is -0.155. The molecule has 0 rings (SSSR count). The van der Waals surface area contributed by atoms with Crippen LogP contribution in [0.4, 0.5) is 0 Å². The fraction of sp³-hybridized carbons (Fsp3) is 0.933. The van der Waals surface area contributed by atoms with E-state index in [1.54, 1.807) is 7.11 Å². The molecule has 3 nitrogen and oxygen atoms in total. The largest absolute Gasteiger partial charge is 0.460 e. The number of esters is 1. The SMILES string of the molecule is CCC[C@@H](CCC(=O)OC(C)(C)C)CC(C)OC. The maximum atomic E-state index is 11.7. The minimum absolute atomic E-state index is 0.0892. The molecule has 0 saturated heterocycles. The van der Waals surface area contributed by atoms with Crippen LogP contribution in [0.1, 0.15) is 66.7 Å². The molecule has 0 bridgehead atoms. The van der Waals surface area contributed by atoms with Gasteiger partial charge < -0.3 is 9.47 Å². The summed E-state index contributed by atoms with van der Waals surface area (Å²) in [5, 5.41) is 0. The van der Waals surface area contributed by atoms with Gasteiger partial charge in [0.2, 0.25) is 0 Å². The van der Waals surface area contributed by atoms with Crippen LogP contribution in [0.25, 0.3) is 0 Å². The number of rotatable bonds is 8. The molecule has 0 aliphatic carbocycles. The van der Waals surface area contributed by atoms with Gasteiger partial charge in [-0.05, 0) is 46.5 Å². The number of hydrogen-bond acceptors (Lipinski definition) is 3. The van der Waals surface area contributed by atoms with Crippen LogP contribution < -0.4 is 0 Å². The van der Waals surface area contributed by atoms with E-state index in [1.165, 1.54) is 0 Å². The first kappa shape index (κ1) is 17.4. The van der Waals surface area contributed by atoms with Gasteiger partial charge in [-0.3, -0.25) is 4.79 Å². The number of carbonyl (C=O) groups is 1. The van der Waals surface area contributed by atoms with Gasteiger partial charge in [0, 0.05) is 13.5 Å². The zero-order valence-corrected chi connectivity index (χ0v) is 12.9. The van der Waals surface area contributed by atoms with Crippen molar-refractivity contribution in [1.29, 1.82) is 0 Å². The van der Waals surface area contributed by atoms with Crippen LogP contribution >= 0.6 is 0 Å². The van der Waals surface area contributed by atoms with Crippen molar-refractivity contribution in [3.63, 3.8) is 0 Å². The first-order valence-corrected chi connectivity index (χ1v) is 7.03. The molecular weight excluding hydrogens is 228 g/mol. The van der Waals surface area contributed by atoms with Gasteiger partial charge in [0.25, 0.3) is 0 Å². The molecule has 3 heteroatoms. The molecule has 0 spiro atoms. The van der Waals surface area contributed by atoms with Gasteiger partial charge in [-0.25, -0.2) is 0 Å². The smallest absolute Gasteiger partial charge is 0.306 e. The third kappa shape index (κ3) is 9.46. The van der Waals surface area contributed by atoms with Crippen LogP contribution in [0.5, 0.6) is 0 Å². The van der Waals surface area contributed by atoms with E-state index < -0.39 is 0 Å². The topological polar surface area (TPSA) is 35.5 Å². The molecule has 0 amide bonds. The second kappa shape index (κ2) is 8.52. The highest BCUT2D eigenvalue weighted by Gasteiger charge is 2.18. The van der Waals surface area contributed by atoms with E-state index in [-0.39, 0.29) is 17.7 Å². The normalized spacial score (nSPS) is 15.2. The molecule has 0 saturated carbocycles. The summed E-state index contributed by atoms with van der Waals surface area (Å²) >= 11 is 0. The predicted molar refractivity (Wildman–Crippen MR) is 74.6 cm³/mol. The average Bonchev–Trinajstić information content (AvgIpc) is 2.23. The summed E-state index contributed by atoms with van der Waals surface area (Å²) in [5.41, 5.74) is -0.378. The van der Waals surface area contributed by atoms with Gasteiger partial charge in [0.15, 0.2) is 0 Å². The Morgan fingerprint density at radius 2 is 1.83 bits per heavy atom. The van der Waals surface area contributed by atoms with E-state index in [0.717, 1.165) is 25.7 Å². The quantitative estimate of drug-likeness (QED) is 0.618. The molecule has 0 radical (unpaired) electrons. The van der Waals surface area contributed by atoms with Gasteiger partial charge in [0.05, 0.1) is 6.10 Å². The van der Waals surface area contributed by atoms with Crippen LogP contribution in [-0.4, -0.2) is 24.8 Å². The van der Waals surface area contributed by atoms with Gasteiger partial charge in [-0.1, -0.05) is 19.8 Å². The molecule has 0 aromatic heterocycles. The fourth-order valence-electron chi connectivity index (χ4n) is 2.07. The molecule has 0 aromatic rings. The van der Waals surface area contributed by atoms with Crippen LogP contribution in [0.2, 0.25) is 0 Å². The first-order valence-electron chi connectivity index (χ1n) is 7.03. The van der Waals surface area contributed by atoms with Crippen molar-refractivity contribution in [2.24, 2.45) is 5.92 Å². The van der Waals surface area contributed by atoms with Crippen LogP contribution in [0.3, 0.4) is 0 Å². The Kier molecular flexibility index (Phi) is 8.25. The van der Waals surface area contributed by atoms with Crippen molar-refractivity contribution in [3.8, 4) is 0 Å². The van der Waals surface area contributed by atoms with Crippen molar-refractivity contribution in [2.75, 3.05) is 7.11 Å². The Hall–Kier alpha value is -0.570. The van der Waals surface area contributed by atoms with E-state index in [1.807, 2.05) is 20.8 Å².